The lowest BCUT2D eigenvalue weighted by Crippen LogP contribution is -2.22. The van der Waals surface area contributed by atoms with E-state index in [4.69, 9.17) is 27.9 Å². The monoisotopic (exact) mass is 334 g/mol. The van der Waals surface area contributed by atoms with Crippen molar-refractivity contribution in [1.29, 1.82) is 0 Å². The summed E-state index contributed by atoms with van der Waals surface area (Å²) in [6.45, 7) is 1.76. The van der Waals surface area contributed by atoms with Crippen molar-refractivity contribution in [3.8, 4) is 11.4 Å². The van der Waals surface area contributed by atoms with E-state index in [1.165, 1.54) is 4.57 Å². The molecule has 112 valence electrons. The summed E-state index contributed by atoms with van der Waals surface area (Å²) in [5.74, 6) is 1.20. The maximum Gasteiger partial charge on any atom is 0.266 e. The molecule has 2 aromatic carbocycles. The summed E-state index contributed by atoms with van der Waals surface area (Å²) in [5, 5.41) is 1.14. The maximum atomic E-state index is 12.8. The van der Waals surface area contributed by atoms with Crippen LogP contribution in [0.4, 0.5) is 0 Å². The molecule has 6 heteroatoms. The number of fused-ring (bicyclic) bond motifs is 1. The lowest BCUT2D eigenvalue weighted by molar-refractivity contribution is 0.414. The van der Waals surface area contributed by atoms with Crippen LogP contribution < -0.4 is 10.3 Å². The van der Waals surface area contributed by atoms with Crippen molar-refractivity contribution in [3.63, 3.8) is 0 Å². The first kappa shape index (κ1) is 14.9. The lowest BCUT2D eigenvalue weighted by Gasteiger charge is -2.12. The summed E-state index contributed by atoms with van der Waals surface area (Å²) >= 11 is 12.1. The highest BCUT2D eigenvalue weighted by Gasteiger charge is 2.13. The van der Waals surface area contributed by atoms with Gasteiger partial charge < -0.3 is 4.74 Å². The number of ether oxygens (including phenoxy) is 1. The lowest BCUT2D eigenvalue weighted by atomic mass is 10.2. The van der Waals surface area contributed by atoms with Crippen LogP contribution in [0.3, 0.4) is 0 Å². The Hall–Kier alpha value is -2.04. The van der Waals surface area contributed by atoms with E-state index in [1.54, 1.807) is 32.2 Å². The Balaban J connectivity index is 2.37. The number of aryl methyl sites for hydroxylation is 1. The number of methoxy groups -OCH3 is 1. The zero-order valence-electron chi connectivity index (χ0n) is 11.9. The third-order valence-electron chi connectivity index (χ3n) is 3.37. The van der Waals surface area contributed by atoms with Gasteiger partial charge in [-0.2, -0.15) is 0 Å². The molecule has 4 nitrogen and oxygen atoms in total. The van der Waals surface area contributed by atoms with Gasteiger partial charge in [0.1, 0.15) is 11.6 Å². The number of nitrogens with zero attached hydrogens (tertiary/aromatic N) is 2. The first-order chi connectivity index (χ1) is 10.5. The fourth-order valence-electron chi connectivity index (χ4n) is 2.38. The summed E-state index contributed by atoms with van der Waals surface area (Å²) < 4.78 is 6.72. The van der Waals surface area contributed by atoms with E-state index in [1.807, 2.05) is 18.2 Å². The zero-order chi connectivity index (χ0) is 15.9. The normalized spacial score (nSPS) is 10.9. The largest absolute Gasteiger partial charge is 0.497 e. The van der Waals surface area contributed by atoms with E-state index < -0.39 is 0 Å². The molecule has 3 rings (SSSR count). The van der Waals surface area contributed by atoms with Gasteiger partial charge in [0, 0.05) is 11.1 Å². The van der Waals surface area contributed by atoms with Crippen molar-refractivity contribution < 1.29 is 4.74 Å². The fraction of sp³-hybridized carbons (Fsp3) is 0.125. The van der Waals surface area contributed by atoms with E-state index in [9.17, 15) is 4.79 Å². The molecular weight excluding hydrogens is 323 g/mol. The first-order valence-corrected chi connectivity index (χ1v) is 7.29. The molecule has 0 atom stereocenters. The Morgan fingerprint density at radius 1 is 1.18 bits per heavy atom. The summed E-state index contributed by atoms with van der Waals surface area (Å²) in [6.07, 6.45) is 0. The Morgan fingerprint density at radius 3 is 2.68 bits per heavy atom. The second-order valence-corrected chi connectivity index (χ2v) is 5.63. The van der Waals surface area contributed by atoms with Gasteiger partial charge in [-0.3, -0.25) is 9.36 Å². The van der Waals surface area contributed by atoms with Crippen LogP contribution in [0.15, 0.2) is 41.2 Å². The van der Waals surface area contributed by atoms with Crippen molar-refractivity contribution in [3.05, 3.63) is 62.6 Å². The van der Waals surface area contributed by atoms with E-state index in [-0.39, 0.29) is 5.56 Å². The molecule has 1 aromatic heterocycles. The SMILES string of the molecule is COc1cccc(-n2c(C)nc3c(Cl)cc(Cl)cc3c2=O)c1. The summed E-state index contributed by atoms with van der Waals surface area (Å²) in [5.41, 5.74) is 0.903. The van der Waals surface area contributed by atoms with Crippen molar-refractivity contribution in [2.24, 2.45) is 0 Å². The minimum Gasteiger partial charge on any atom is -0.497 e. The van der Waals surface area contributed by atoms with Gasteiger partial charge in [-0.15, -0.1) is 0 Å². The average molecular weight is 335 g/mol. The van der Waals surface area contributed by atoms with Crippen LogP contribution in [0.25, 0.3) is 16.6 Å². The van der Waals surface area contributed by atoms with Crippen LogP contribution in [0.1, 0.15) is 5.82 Å². The predicted octanol–water partition coefficient (Wildman–Crippen LogP) is 4.01. The number of aromatic nitrogens is 2. The number of hydrogen-bond acceptors (Lipinski definition) is 3. The first-order valence-electron chi connectivity index (χ1n) is 6.54. The fourth-order valence-corrected chi connectivity index (χ4v) is 2.91. The van der Waals surface area contributed by atoms with Gasteiger partial charge in [0.2, 0.25) is 0 Å². The summed E-state index contributed by atoms with van der Waals surface area (Å²) in [6, 6.07) is 10.4. The molecule has 0 aliphatic rings. The third kappa shape index (κ3) is 2.45. The minimum absolute atomic E-state index is 0.222. The van der Waals surface area contributed by atoms with Crippen LogP contribution in [0.2, 0.25) is 10.0 Å². The van der Waals surface area contributed by atoms with Gasteiger partial charge in [0.15, 0.2) is 0 Å². The molecule has 0 radical (unpaired) electrons. The highest BCUT2D eigenvalue weighted by atomic mass is 35.5. The molecule has 0 aliphatic carbocycles. The van der Waals surface area contributed by atoms with Crippen LogP contribution in [-0.2, 0) is 0 Å². The molecule has 0 saturated heterocycles. The van der Waals surface area contributed by atoms with Crippen LogP contribution >= 0.6 is 23.2 Å². The van der Waals surface area contributed by atoms with Gasteiger partial charge in [0.25, 0.3) is 5.56 Å². The molecule has 0 amide bonds. The van der Waals surface area contributed by atoms with E-state index in [0.29, 0.717) is 38.2 Å². The standard InChI is InChI=1S/C16H12Cl2N2O2/c1-9-19-15-13(6-10(17)7-14(15)18)16(21)20(9)11-4-3-5-12(8-11)22-2/h3-8H,1-2H3. The molecule has 1 heterocycles. The van der Waals surface area contributed by atoms with Gasteiger partial charge in [0.05, 0.1) is 28.7 Å². The Bertz CT molecular complexity index is 935. The number of hydrogen-bond donors (Lipinski definition) is 0. The highest BCUT2D eigenvalue weighted by Crippen LogP contribution is 2.25. The Morgan fingerprint density at radius 2 is 1.95 bits per heavy atom. The molecule has 0 unspecified atom stereocenters. The summed E-state index contributed by atoms with van der Waals surface area (Å²) in [4.78, 5) is 17.3. The van der Waals surface area contributed by atoms with Gasteiger partial charge in [-0.05, 0) is 31.2 Å². The molecular formula is C16H12Cl2N2O2. The topological polar surface area (TPSA) is 44.1 Å². The van der Waals surface area contributed by atoms with Crippen molar-refractivity contribution in [2.45, 2.75) is 6.92 Å². The molecule has 0 aliphatic heterocycles. The van der Waals surface area contributed by atoms with Gasteiger partial charge in [-0.1, -0.05) is 29.3 Å². The highest BCUT2D eigenvalue weighted by molar-refractivity contribution is 6.38. The van der Waals surface area contributed by atoms with Crippen LogP contribution in [0, 0.1) is 6.92 Å². The maximum absolute atomic E-state index is 12.8. The van der Waals surface area contributed by atoms with Crippen molar-refractivity contribution >= 4 is 34.1 Å². The van der Waals surface area contributed by atoms with Crippen molar-refractivity contribution in [1.82, 2.24) is 9.55 Å². The molecule has 0 fully saturated rings. The smallest absolute Gasteiger partial charge is 0.266 e. The molecule has 0 saturated carbocycles. The number of halogens is 2. The van der Waals surface area contributed by atoms with E-state index >= 15 is 0 Å². The Labute approximate surface area is 136 Å². The molecule has 0 spiro atoms. The molecule has 22 heavy (non-hydrogen) atoms. The van der Waals surface area contributed by atoms with Gasteiger partial charge >= 0.3 is 0 Å². The van der Waals surface area contributed by atoms with E-state index in [0.717, 1.165) is 0 Å². The second-order valence-electron chi connectivity index (χ2n) is 4.78. The second kappa shape index (κ2) is 5.63. The predicted molar refractivity (Wildman–Crippen MR) is 88.6 cm³/mol. The quantitative estimate of drug-likeness (QED) is 0.711. The zero-order valence-corrected chi connectivity index (χ0v) is 13.4. The third-order valence-corrected chi connectivity index (χ3v) is 3.88. The van der Waals surface area contributed by atoms with E-state index in [2.05, 4.69) is 4.98 Å². The van der Waals surface area contributed by atoms with Crippen molar-refractivity contribution in [2.75, 3.05) is 7.11 Å². The molecule has 0 bridgehead atoms. The Kier molecular flexibility index (Phi) is 3.81. The molecule has 3 aromatic rings. The number of rotatable bonds is 2. The van der Waals surface area contributed by atoms with Crippen LogP contribution in [0.5, 0.6) is 5.75 Å². The average Bonchev–Trinajstić information content (AvgIpc) is 2.49. The van der Waals surface area contributed by atoms with Gasteiger partial charge in [-0.25, -0.2) is 4.98 Å². The van der Waals surface area contributed by atoms with Crippen LogP contribution in [-0.4, -0.2) is 16.7 Å². The minimum atomic E-state index is -0.222. The summed E-state index contributed by atoms with van der Waals surface area (Å²) in [7, 11) is 1.58. The molecule has 0 N–H and O–H groups in total. The number of benzene rings is 2.